The molecule has 4 N–H and O–H groups in total. The molecule has 0 saturated heterocycles. The van der Waals surface area contributed by atoms with Crippen LogP contribution in [-0.2, 0) is 12.8 Å². The number of benzene rings is 2. The minimum Gasteiger partial charge on any atom is -0.490 e. The molecule has 0 aliphatic heterocycles. The fourth-order valence-corrected chi connectivity index (χ4v) is 7.48. The molecule has 350 valence electrons. The van der Waals surface area contributed by atoms with Crippen LogP contribution in [0.1, 0.15) is 70.0 Å². The molecule has 0 spiro atoms. The summed E-state index contributed by atoms with van der Waals surface area (Å²) >= 11 is 6.26. The Morgan fingerprint density at radius 1 is 0.738 bits per heavy atom. The van der Waals surface area contributed by atoms with Crippen LogP contribution in [0.2, 0.25) is 0 Å². The van der Waals surface area contributed by atoms with Gasteiger partial charge >= 0.3 is 0 Å². The molecule has 6 aromatic rings. The van der Waals surface area contributed by atoms with E-state index in [4.69, 9.17) is 9.47 Å². The van der Waals surface area contributed by atoms with Crippen molar-refractivity contribution in [3.63, 3.8) is 0 Å². The predicted molar refractivity (Wildman–Crippen MR) is 268 cm³/mol. The number of ether oxygens (including phenoxy) is 2. The summed E-state index contributed by atoms with van der Waals surface area (Å²) in [5.41, 5.74) is 2.74. The molecule has 2 aromatic carbocycles. The second-order valence-electron chi connectivity index (χ2n) is 16.0. The van der Waals surface area contributed by atoms with E-state index in [0.717, 1.165) is 69.3 Å². The first-order valence-electron chi connectivity index (χ1n) is 21.4. The molecule has 0 saturated carbocycles. The van der Waals surface area contributed by atoms with Crippen molar-refractivity contribution in [3.8, 4) is 17.2 Å². The van der Waals surface area contributed by atoms with E-state index < -0.39 is 11.2 Å². The van der Waals surface area contributed by atoms with Crippen LogP contribution in [0.5, 0.6) is 11.5 Å². The van der Waals surface area contributed by atoms with Crippen LogP contribution in [-0.4, -0.2) is 89.2 Å². The highest BCUT2D eigenvalue weighted by Crippen LogP contribution is 2.24. The van der Waals surface area contributed by atoms with E-state index in [2.05, 4.69) is 53.1 Å². The van der Waals surface area contributed by atoms with Crippen LogP contribution in [0.25, 0.3) is 5.69 Å². The number of nitrogens with one attached hydrogen (secondary N) is 2. The van der Waals surface area contributed by atoms with Gasteiger partial charge in [0.25, 0.3) is 11.1 Å². The van der Waals surface area contributed by atoms with Crippen LogP contribution in [0.15, 0.2) is 134 Å². The number of aromatic nitrogens is 6. The highest BCUT2D eigenvalue weighted by molar-refractivity contribution is 9.10. The van der Waals surface area contributed by atoms with E-state index in [0.29, 0.717) is 22.4 Å². The molecule has 13 nitrogen and oxygen atoms in total. The number of hydrogen-bond donors (Lipinski definition) is 4. The molecule has 0 aliphatic carbocycles. The summed E-state index contributed by atoms with van der Waals surface area (Å²) < 4.78 is 13.8. The Labute approximate surface area is 400 Å². The highest BCUT2D eigenvalue weighted by atomic mass is 79.9. The number of pyridine rings is 2. The predicted octanol–water partition coefficient (Wildman–Crippen LogP) is 8.83. The van der Waals surface area contributed by atoms with Gasteiger partial charge in [-0.2, -0.15) is 0 Å². The third kappa shape index (κ3) is 22.3. The largest absolute Gasteiger partial charge is 0.490 e. The number of unbranched alkanes of at least 4 members (excludes halogenated alkanes) is 1. The van der Waals surface area contributed by atoms with Gasteiger partial charge in [-0.15, -0.1) is 23.5 Å². The van der Waals surface area contributed by atoms with Crippen molar-refractivity contribution >= 4 is 39.5 Å². The zero-order valence-corrected chi connectivity index (χ0v) is 41.9. The SMILES string of the molecule is CCCCNC.Cc1cc(-n2ccnc(SCCc3ccccn3)c2=O)ccc1OCC(C)(C)O.Cc1cc(Br)ccc1OCC(C)(C)O.O=c1[nH]ccnc1SCCc1ccccn1. The Morgan fingerprint density at radius 2 is 1.29 bits per heavy atom. The average molecular weight is 991 g/mol. The van der Waals surface area contributed by atoms with E-state index in [-0.39, 0.29) is 17.7 Å². The number of aryl methyl sites for hydroxylation is 4. The standard InChI is InChI=1S/C22H25N3O3S.C11H15BrO2.C11H11N3OS.C5H13N/c1-16-14-18(7-8-19(16)28-15-22(2,3)27)25-12-11-24-20(21(25)26)29-13-9-17-6-4-5-10-23-17;1-8-6-9(12)4-5-10(8)14-7-11(2,3)13;15-10-11(14-7-6-13-10)16-8-4-9-3-1-2-5-12-9;1-3-4-5-6-2/h4-8,10-12,14,27H,9,13,15H2,1-3H3;4-6,13H,7H2,1-3H3;1-3,5-7H,4,8H2,(H,13,15);6H,3-5H2,1-2H3. The lowest BCUT2D eigenvalue weighted by molar-refractivity contribution is 0.0279. The van der Waals surface area contributed by atoms with Crippen LogP contribution in [0.4, 0.5) is 0 Å². The number of rotatable bonds is 18. The molecule has 0 fully saturated rings. The minimum atomic E-state index is -0.908. The summed E-state index contributed by atoms with van der Waals surface area (Å²) in [4.78, 5) is 43.5. The molecule has 16 heteroatoms. The molecule has 65 heavy (non-hydrogen) atoms. The third-order valence-electron chi connectivity index (χ3n) is 8.65. The molecule has 0 radical (unpaired) electrons. The number of hydrogen-bond acceptors (Lipinski definition) is 13. The molecule has 0 bridgehead atoms. The van der Waals surface area contributed by atoms with E-state index in [1.54, 1.807) is 63.2 Å². The quantitative estimate of drug-likeness (QED) is 0.0475. The molecular formula is C49H64BrN7O6S2. The van der Waals surface area contributed by atoms with Gasteiger partial charge in [0.05, 0.1) is 11.2 Å². The first-order valence-corrected chi connectivity index (χ1v) is 24.1. The Kier molecular flexibility index (Phi) is 24.3. The first kappa shape index (κ1) is 54.5. The van der Waals surface area contributed by atoms with Crippen LogP contribution >= 0.6 is 39.5 Å². The zero-order chi connectivity index (χ0) is 47.7. The molecule has 0 aliphatic rings. The molecule has 0 amide bonds. The summed E-state index contributed by atoms with van der Waals surface area (Å²) in [7, 11) is 1.98. The number of aliphatic hydroxyl groups is 2. The molecular weight excluding hydrogens is 927 g/mol. The normalized spacial score (nSPS) is 10.9. The maximum absolute atomic E-state index is 12.9. The van der Waals surface area contributed by atoms with E-state index in [1.165, 1.54) is 42.6 Å². The molecule has 0 unspecified atom stereocenters. The van der Waals surface area contributed by atoms with Gasteiger partial charge in [0.15, 0.2) is 10.1 Å². The number of H-pyrrole nitrogens is 1. The highest BCUT2D eigenvalue weighted by Gasteiger charge is 2.16. The van der Waals surface area contributed by atoms with Gasteiger partial charge in [-0.3, -0.25) is 24.1 Å². The van der Waals surface area contributed by atoms with Gasteiger partial charge in [-0.25, -0.2) is 9.97 Å². The molecule has 6 rings (SSSR count). The minimum absolute atomic E-state index is 0.131. The molecule has 4 heterocycles. The first-order chi connectivity index (χ1) is 31.0. The second-order valence-corrected chi connectivity index (χ2v) is 19.1. The van der Waals surface area contributed by atoms with Crippen molar-refractivity contribution in [1.29, 1.82) is 0 Å². The van der Waals surface area contributed by atoms with Crippen molar-refractivity contribution < 1.29 is 19.7 Å². The van der Waals surface area contributed by atoms with E-state index in [1.807, 2.05) is 93.7 Å². The smallest absolute Gasteiger partial charge is 0.287 e. The van der Waals surface area contributed by atoms with Gasteiger partial charge in [-0.1, -0.05) is 41.4 Å². The average Bonchev–Trinajstić information content (AvgIpc) is 3.27. The third-order valence-corrected chi connectivity index (χ3v) is 11.1. The van der Waals surface area contributed by atoms with Gasteiger partial charge in [0.2, 0.25) is 0 Å². The summed E-state index contributed by atoms with van der Waals surface area (Å²) in [6, 6.07) is 23.0. The lowest BCUT2D eigenvalue weighted by atomic mass is 10.1. The number of thioether (sulfide) groups is 2. The fourth-order valence-electron chi connectivity index (χ4n) is 5.32. The maximum Gasteiger partial charge on any atom is 0.287 e. The summed E-state index contributed by atoms with van der Waals surface area (Å²) in [6.07, 6.45) is 14.2. The Hall–Kier alpha value is -4.84. The molecule has 0 atom stereocenters. The Morgan fingerprint density at radius 3 is 1.77 bits per heavy atom. The van der Waals surface area contributed by atoms with Crippen molar-refractivity contribution in [3.05, 3.63) is 158 Å². The van der Waals surface area contributed by atoms with E-state index in [9.17, 15) is 19.8 Å². The van der Waals surface area contributed by atoms with Crippen LogP contribution < -0.4 is 25.9 Å². The number of aromatic amines is 1. The van der Waals surface area contributed by atoms with Crippen molar-refractivity contribution in [1.82, 2.24) is 34.8 Å². The summed E-state index contributed by atoms with van der Waals surface area (Å²) in [5.74, 6) is 3.03. The summed E-state index contributed by atoms with van der Waals surface area (Å²) in [6.45, 7) is 14.6. The summed E-state index contributed by atoms with van der Waals surface area (Å²) in [5, 5.41) is 23.4. The monoisotopic (exact) mass is 989 g/mol. The molecule has 4 aromatic heterocycles. The number of nitrogens with zero attached hydrogens (tertiary/aromatic N) is 5. The van der Waals surface area contributed by atoms with Gasteiger partial charge in [0.1, 0.15) is 24.7 Å². The van der Waals surface area contributed by atoms with Crippen LogP contribution in [0.3, 0.4) is 0 Å². The van der Waals surface area contributed by atoms with Gasteiger partial charge in [-0.05, 0) is 146 Å². The zero-order valence-electron chi connectivity index (χ0n) is 38.7. The second kappa shape index (κ2) is 28.9. The van der Waals surface area contributed by atoms with Crippen molar-refractivity contribution in [2.24, 2.45) is 0 Å². The maximum atomic E-state index is 12.9. The van der Waals surface area contributed by atoms with Crippen molar-refractivity contribution in [2.45, 2.75) is 95.4 Å². The van der Waals surface area contributed by atoms with Gasteiger partial charge in [0, 0.05) is 70.2 Å². The van der Waals surface area contributed by atoms with Gasteiger partial charge < -0.3 is 30.0 Å². The Balaban J connectivity index is 0.000000263. The van der Waals surface area contributed by atoms with E-state index >= 15 is 0 Å². The fraction of sp³-hybridized carbons (Fsp3) is 0.388. The Bertz CT molecular complexity index is 2390. The topological polar surface area (TPSA) is 177 Å². The van der Waals surface area contributed by atoms with Crippen LogP contribution in [0, 0.1) is 13.8 Å². The lowest BCUT2D eigenvalue weighted by Crippen LogP contribution is -2.28. The number of halogens is 1. The lowest BCUT2D eigenvalue weighted by Gasteiger charge is -2.19. The van der Waals surface area contributed by atoms with Crippen molar-refractivity contribution in [2.75, 3.05) is 38.3 Å².